The fraction of sp³-hybridized carbons (Fsp3) is 0.148. The second kappa shape index (κ2) is 9.53. The molecule has 0 saturated carbocycles. The number of aromatic nitrogens is 3. The third-order valence-electron chi connectivity index (χ3n) is 5.96. The van der Waals surface area contributed by atoms with Gasteiger partial charge in [-0.1, -0.05) is 30.3 Å². The number of fused-ring (bicyclic) bond motifs is 1. The Bertz CT molecular complexity index is 1450. The maximum absolute atomic E-state index is 13.8. The number of nitrogens with zero attached hydrogens (tertiary/aromatic N) is 3. The van der Waals surface area contributed by atoms with E-state index in [1.807, 2.05) is 43.3 Å². The highest BCUT2D eigenvalue weighted by Gasteiger charge is 2.34. The number of para-hydroxylation sites is 1. The standard InChI is InChI=1S/C27H24FN5O3/c1-16-23(26(34)30-20-7-5-4-6-8-20)24(17-9-12-19(28)13-10-17)33-27(29-16)31-25(32-33)18-11-14-21(35-2)22(15-18)36-3/h4-15,24H,1-3H3,(H,30,34)(H,29,31,32). The molecular formula is C27H24FN5O3. The van der Waals surface area contributed by atoms with Gasteiger partial charge in [-0.3, -0.25) is 4.79 Å². The number of methoxy groups -OCH3 is 2. The third-order valence-corrected chi connectivity index (χ3v) is 5.96. The number of ether oxygens (including phenoxy) is 2. The molecule has 2 heterocycles. The molecule has 5 rings (SSSR count). The van der Waals surface area contributed by atoms with Crippen LogP contribution in [0.1, 0.15) is 18.5 Å². The highest BCUT2D eigenvalue weighted by Crippen LogP contribution is 2.38. The Labute approximate surface area is 207 Å². The summed E-state index contributed by atoms with van der Waals surface area (Å²) in [5, 5.41) is 10.9. The number of anilines is 2. The van der Waals surface area contributed by atoms with Crippen molar-refractivity contribution in [3.63, 3.8) is 0 Å². The average molecular weight is 486 g/mol. The van der Waals surface area contributed by atoms with E-state index in [1.54, 1.807) is 43.2 Å². The average Bonchev–Trinajstić information content (AvgIpc) is 3.32. The van der Waals surface area contributed by atoms with Gasteiger partial charge in [0, 0.05) is 16.9 Å². The molecule has 0 bridgehead atoms. The Morgan fingerprint density at radius 2 is 1.72 bits per heavy atom. The number of nitrogens with one attached hydrogen (secondary N) is 2. The normalized spacial score (nSPS) is 14.6. The van der Waals surface area contributed by atoms with Crippen molar-refractivity contribution in [1.82, 2.24) is 14.8 Å². The van der Waals surface area contributed by atoms with E-state index >= 15 is 0 Å². The van der Waals surface area contributed by atoms with Gasteiger partial charge >= 0.3 is 0 Å². The second-order valence-corrected chi connectivity index (χ2v) is 8.21. The van der Waals surface area contributed by atoms with Gasteiger partial charge in [-0.2, -0.15) is 4.98 Å². The lowest BCUT2D eigenvalue weighted by atomic mass is 9.95. The molecule has 1 amide bonds. The molecule has 1 atom stereocenters. The number of carbonyl (C=O) groups excluding carboxylic acids is 1. The van der Waals surface area contributed by atoms with E-state index in [-0.39, 0.29) is 11.7 Å². The molecule has 2 N–H and O–H groups in total. The van der Waals surface area contributed by atoms with Crippen molar-refractivity contribution in [2.75, 3.05) is 24.9 Å². The maximum Gasteiger partial charge on any atom is 0.255 e. The molecular weight excluding hydrogens is 461 g/mol. The highest BCUT2D eigenvalue weighted by molar-refractivity contribution is 6.06. The summed E-state index contributed by atoms with van der Waals surface area (Å²) in [4.78, 5) is 18.2. The van der Waals surface area contributed by atoms with E-state index in [0.717, 1.165) is 0 Å². The molecule has 3 aromatic carbocycles. The predicted octanol–water partition coefficient (Wildman–Crippen LogP) is 5.03. The first-order valence-electron chi connectivity index (χ1n) is 11.3. The molecule has 9 heteroatoms. The minimum Gasteiger partial charge on any atom is -0.493 e. The third kappa shape index (κ3) is 4.26. The summed E-state index contributed by atoms with van der Waals surface area (Å²) < 4.78 is 26.2. The van der Waals surface area contributed by atoms with Gasteiger partial charge < -0.3 is 20.1 Å². The number of benzene rings is 3. The maximum atomic E-state index is 13.8. The molecule has 0 saturated heterocycles. The minimum atomic E-state index is -0.632. The van der Waals surface area contributed by atoms with E-state index in [2.05, 4.69) is 15.6 Å². The van der Waals surface area contributed by atoms with Gasteiger partial charge in [-0.25, -0.2) is 9.07 Å². The molecule has 1 aliphatic rings. The van der Waals surface area contributed by atoms with Crippen LogP contribution in [0.15, 0.2) is 84.1 Å². The SMILES string of the molecule is COc1ccc(-c2nc3n(n2)C(c2ccc(F)cc2)C(C(=O)Nc2ccccc2)=C(C)N3)cc1OC. The van der Waals surface area contributed by atoms with E-state index < -0.39 is 6.04 Å². The lowest BCUT2D eigenvalue weighted by Crippen LogP contribution is -2.31. The number of amides is 1. The molecule has 182 valence electrons. The summed E-state index contributed by atoms with van der Waals surface area (Å²) in [5.74, 6) is 1.36. The van der Waals surface area contributed by atoms with Gasteiger partial charge in [-0.05, 0) is 55.0 Å². The van der Waals surface area contributed by atoms with Crippen LogP contribution in [0.3, 0.4) is 0 Å². The molecule has 1 unspecified atom stereocenters. The zero-order chi connectivity index (χ0) is 25.2. The molecule has 0 spiro atoms. The summed E-state index contributed by atoms with van der Waals surface area (Å²) in [7, 11) is 3.13. The van der Waals surface area contributed by atoms with Crippen LogP contribution in [-0.4, -0.2) is 34.9 Å². The Hall–Kier alpha value is -4.66. The lowest BCUT2D eigenvalue weighted by Gasteiger charge is -2.28. The molecule has 1 aromatic heterocycles. The van der Waals surface area contributed by atoms with Crippen molar-refractivity contribution in [3.05, 3.63) is 95.4 Å². The first kappa shape index (κ1) is 23.1. The fourth-order valence-corrected chi connectivity index (χ4v) is 4.22. The summed E-state index contributed by atoms with van der Waals surface area (Å²) in [6.07, 6.45) is 0. The van der Waals surface area contributed by atoms with Crippen molar-refractivity contribution < 1.29 is 18.7 Å². The molecule has 1 aliphatic heterocycles. The Kier molecular flexibility index (Phi) is 6.12. The number of allylic oxidation sites excluding steroid dienone is 1. The quantitative estimate of drug-likeness (QED) is 0.398. The molecule has 0 aliphatic carbocycles. The van der Waals surface area contributed by atoms with Crippen LogP contribution in [0.5, 0.6) is 11.5 Å². The van der Waals surface area contributed by atoms with Gasteiger partial charge in [0.2, 0.25) is 5.95 Å². The second-order valence-electron chi connectivity index (χ2n) is 8.21. The lowest BCUT2D eigenvalue weighted by molar-refractivity contribution is -0.113. The molecule has 36 heavy (non-hydrogen) atoms. The smallest absolute Gasteiger partial charge is 0.255 e. The molecule has 4 aromatic rings. The number of rotatable bonds is 6. The highest BCUT2D eigenvalue weighted by atomic mass is 19.1. The number of halogens is 1. The van der Waals surface area contributed by atoms with E-state index in [4.69, 9.17) is 14.6 Å². The largest absolute Gasteiger partial charge is 0.493 e. The first-order chi connectivity index (χ1) is 17.5. The number of hydrogen-bond donors (Lipinski definition) is 2. The van der Waals surface area contributed by atoms with Crippen LogP contribution >= 0.6 is 0 Å². The number of carbonyl (C=O) groups is 1. The van der Waals surface area contributed by atoms with E-state index in [9.17, 15) is 9.18 Å². The summed E-state index contributed by atoms with van der Waals surface area (Å²) in [5.41, 5.74) is 3.14. The summed E-state index contributed by atoms with van der Waals surface area (Å²) in [6.45, 7) is 1.81. The minimum absolute atomic E-state index is 0.297. The zero-order valence-corrected chi connectivity index (χ0v) is 19.9. The Morgan fingerprint density at radius 3 is 2.42 bits per heavy atom. The van der Waals surface area contributed by atoms with Crippen LogP contribution in [0.4, 0.5) is 16.0 Å². The van der Waals surface area contributed by atoms with E-state index in [1.165, 1.54) is 12.1 Å². The molecule has 8 nitrogen and oxygen atoms in total. The Balaban J connectivity index is 1.59. The van der Waals surface area contributed by atoms with Crippen molar-refractivity contribution in [2.24, 2.45) is 0 Å². The van der Waals surface area contributed by atoms with Gasteiger partial charge in [0.15, 0.2) is 17.3 Å². The summed E-state index contributed by atoms with van der Waals surface area (Å²) >= 11 is 0. The van der Waals surface area contributed by atoms with Crippen molar-refractivity contribution >= 4 is 17.5 Å². The van der Waals surface area contributed by atoms with Gasteiger partial charge in [0.05, 0.1) is 19.8 Å². The van der Waals surface area contributed by atoms with Crippen molar-refractivity contribution in [3.8, 4) is 22.9 Å². The van der Waals surface area contributed by atoms with Gasteiger partial charge in [0.25, 0.3) is 5.91 Å². The van der Waals surface area contributed by atoms with Crippen LogP contribution in [0.2, 0.25) is 0 Å². The van der Waals surface area contributed by atoms with Crippen molar-refractivity contribution in [1.29, 1.82) is 0 Å². The molecule has 0 fully saturated rings. The fourth-order valence-electron chi connectivity index (χ4n) is 4.22. The summed E-state index contributed by atoms with van der Waals surface area (Å²) in [6, 6.07) is 20.0. The van der Waals surface area contributed by atoms with Crippen LogP contribution < -0.4 is 20.1 Å². The van der Waals surface area contributed by atoms with Crippen molar-refractivity contribution in [2.45, 2.75) is 13.0 Å². The zero-order valence-electron chi connectivity index (χ0n) is 19.9. The number of hydrogen-bond acceptors (Lipinski definition) is 6. The molecule has 0 radical (unpaired) electrons. The van der Waals surface area contributed by atoms with Crippen LogP contribution in [-0.2, 0) is 4.79 Å². The van der Waals surface area contributed by atoms with Gasteiger partial charge in [0.1, 0.15) is 11.9 Å². The topological polar surface area (TPSA) is 90.3 Å². The van der Waals surface area contributed by atoms with Crippen LogP contribution in [0.25, 0.3) is 11.4 Å². The van der Waals surface area contributed by atoms with Gasteiger partial charge in [-0.15, -0.1) is 5.10 Å². The van der Waals surface area contributed by atoms with Crippen LogP contribution in [0, 0.1) is 5.82 Å². The Morgan fingerprint density at radius 1 is 1.00 bits per heavy atom. The van der Waals surface area contributed by atoms with E-state index in [0.29, 0.717) is 51.4 Å². The monoisotopic (exact) mass is 485 g/mol. The predicted molar refractivity (Wildman–Crippen MR) is 134 cm³/mol. The first-order valence-corrected chi connectivity index (χ1v) is 11.3.